The van der Waals surface area contributed by atoms with Crippen LogP contribution in [0.15, 0.2) is 58.5 Å². The number of nitrogens with one attached hydrogen (secondary N) is 2. The molecular weight excluding hydrogens is 368 g/mol. The van der Waals surface area contributed by atoms with Gasteiger partial charge in [-0.1, -0.05) is 17.7 Å². The lowest BCUT2D eigenvalue weighted by Gasteiger charge is -2.11. The summed E-state index contributed by atoms with van der Waals surface area (Å²) < 4.78 is 1.95. The van der Waals surface area contributed by atoms with Gasteiger partial charge < -0.3 is 10.6 Å². The summed E-state index contributed by atoms with van der Waals surface area (Å²) in [6, 6.07) is 13.7. The number of aliphatic imine (C=N–C) groups is 1. The number of fused-ring (bicyclic) bond motifs is 1. The van der Waals surface area contributed by atoms with Gasteiger partial charge in [-0.15, -0.1) is 22.0 Å². The van der Waals surface area contributed by atoms with Crippen LogP contribution >= 0.6 is 23.4 Å². The molecule has 0 unspecified atom stereocenters. The molecule has 1 aromatic carbocycles. The third-order valence-corrected chi connectivity index (χ3v) is 4.85. The van der Waals surface area contributed by atoms with Crippen LogP contribution < -0.4 is 10.6 Å². The lowest BCUT2D eigenvalue weighted by molar-refractivity contribution is 0.818. The Morgan fingerprint density at radius 2 is 2.00 bits per heavy atom. The number of thioether (sulfide) groups is 1. The summed E-state index contributed by atoms with van der Waals surface area (Å²) in [7, 11) is 0. The third-order valence-electron chi connectivity index (χ3n) is 3.58. The molecular formula is C18H21ClN6S. The van der Waals surface area contributed by atoms with Crippen LogP contribution in [-0.2, 0) is 6.54 Å². The van der Waals surface area contributed by atoms with Gasteiger partial charge in [0.25, 0.3) is 0 Å². The van der Waals surface area contributed by atoms with Crippen molar-refractivity contribution in [3.8, 4) is 0 Å². The summed E-state index contributed by atoms with van der Waals surface area (Å²) in [5.41, 5.74) is 0.829. The van der Waals surface area contributed by atoms with E-state index in [-0.39, 0.29) is 0 Å². The molecule has 2 N–H and O–H groups in total. The van der Waals surface area contributed by atoms with Gasteiger partial charge in [0.2, 0.25) is 0 Å². The van der Waals surface area contributed by atoms with E-state index in [1.54, 1.807) is 11.8 Å². The van der Waals surface area contributed by atoms with Gasteiger partial charge in [-0.05, 0) is 43.3 Å². The molecule has 3 aromatic rings. The van der Waals surface area contributed by atoms with Gasteiger partial charge in [0.15, 0.2) is 17.4 Å². The van der Waals surface area contributed by atoms with Crippen molar-refractivity contribution in [1.82, 2.24) is 25.2 Å². The minimum Gasteiger partial charge on any atom is -0.357 e. The summed E-state index contributed by atoms with van der Waals surface area (Å²) in [5.74, 6) is 2.52. The van der Waals surface area contributed by atoms with Gasteiger partial charge in [0, 0.05) is 35.0 Å². The fourth-order valence-electron chi connectivity index (χ4n) is 2.36. The Morgan fingerprint density at radius 1 is 1.15 bits per heavy atom. The average molecular weight is 389 g/mol. The largest absolute Gasteiger partial charge is 0.357 e. The number of aromatic nitrogens is 3. The highest BCUT2D eigenvalue weighted by Crippen LogP contribution is 2.19. The fourth-order valence-corrected chi connectivity index (χ4v) is 3.25. The lowest BCUT2D eigenvalue weighted by atomic mass is 10.4. The molecule has 2 heterocycles. The third kappa shape index (κ3) is 5.12. The van der Waals surface area contributed by atoms with Crippen molar-refractivity contribution >= 4 is 35.0 Å². The van der Waals surface area contributed by atoms with E-state index in [9.17, 15) is 0 Å². The van der Waals surface area contributed by atoms with Gasteiger partial charge in [0.05, 0.1) is 0 Å². The molecule has 0 bridgehead atoms. The van der Waals surface area contributed by atoms with Crippen LogP contribution in [0, 0.1) is 0 Å². The Morgan fingerprint density at radius 3 is 2.81 bits per heavy atom. The first-order valence-corrected chi connectivity index (χ1v) is 9.82. The van der Waals surface area contributed by atoms with Crippen molar-refractivity contribution in [3.05, 3.63) is 59.5 Å². The number of pyridine rings is 1. The molecule has 136 valence electrons. The average Bonchev–Trinajstić information content (AvgIpc) is 3.08. The van der Waals surface area contributed by atoms with Crippen LogP contribution in [0.1, 0.15) is 12.7 Å². The molecule has 2 aromatic heterocycles. The Kier molecular flexibility index (Phi) is 6.74. The summed E-state index contributed by atoms with van der Waals surface area (Å²) in [6.07, 6.45) is 1.95. The second-order valence-corrected chi connectivity index (χ2v) is 7.07. The molecule has 0 aliphatic rings. The number of nitrogens with zero attached hydrogens (tertiary/aromatic N) is 4. The van der Waals surface area contributed by atoms with Crippen LogP contribution in [0.2, 0.25) is 5.02 Å². The van der Waals surface area contributed by atoms with Crippen LogP contribution in [0.4, 0.5) is 0 Å². The van der Waals surface area contributed by atoms with E-state index >= 15 is 0 Å². The van der Waals surface area contributed by atoms with Crippen molar-refractivity contribution in [2.75, 3.05) is 18.8 Å². The quantitative estimate of drug-likeness (QED) is 0.281. The van der Waals surface area contributed by atoms with Crippen molar-refractivity contribution in [2.24, 2.45) is 4.99 Å². The smallest absolute Gasteiger partial charge is 0.191 e. The van der Waals surface area contributed by atoms with Gasteiger partial charge >= 0.3 is 0 Å². The van der Waals surface area contributed by atoms with Crippen LogP contribution in [0.3, 0.4) is 0 Å². The van der Waals surface area contributed by atoms with Gasteiger partial charge in [0.1, 0.15) is 6.54 Å². The molecule has 0 radical (unpaired) electrons. The van der Waals surface area contributed by atoms with Crippen LogP contribution in [0.25, 0.3) is 5.65 Å². The number of benzene rings is 1. The first-order valence-electron chi connectivity index (χ1n) is 8.45. The van der Waals surface area contributed by atoms with Crippen molar-refractivity contribution in [2.45, 2.75) is 18.4 Å². The van der Waals surface area contributed by atoms with Gasteiger partial charge in [-0.3, -0.25) is 4.40 Å². The van der Waals surface area contributed by atoms with E-state index in [0.29, 0.717) is 6.54 Å². The zero-order valence-electron chi connectivity index (χ0n) is 14.5. The first kappa shape index (κ1) is 18.5. The minimum atomic E-state index is 0.463. The van der Waals surface area contributed by atoms with Crippen LogP contribution in [0.5, 0.6) is 0 Å². The van der Waals surface area contributed by atoms with Crippen molar-refractivity contribution in [1.29, 1.82) is 0 Å². The fraction of sp³-hybridized carbons (Fsp3) is 0.278. The van der Waals surface area contributed by atoms with E-state index < -0.39 is 0 Å². The number of hydrogen-bond donors (Lipinski definition) is 2. The van der Waals surface area contributed by atoms with E-state index in [1.807, 2.05) is 60.0 Å². The molecule has 0 aliphatic heterocycles. The molecule has 0 atom stereocenters. The Balaban J connectivity index is 1.53. The van der Waals surface area contributed by atoms with E-state index in [2.05, 4.69) is 25.8 Å². The molecule has 0 fully saturated rings. The van der Waals surface area contributed by atoms with Gasteiger partial charge in [-0.25, -0.2) is 4.99 Å². The summed E-state index contributed by atoms with van der Waals surface area (Å²) in [6.45, 7) is 4.12. The van der Waals surface area contributed by atoms with E-state index in [0.717, 1.165) is 41.3 Å². The highest BCUT2D eigenvalue weighted by molar-refractivity contribution is 7.99. The first-order chi connectivity index (χ1) is 12.8. The molecule has 0 amide bonds. The Labute approximate surface area is 162 Å². The highest BCUT2D eigenvalue weighted by Gasteiger charge is 2.04. The second-order valence-electron chi connectivity index (χ2n) is 5.47. The number of hydrogen-bond acceptors (Lipinski definition) is 4. The van der Waals surface area contributed by atoms with Gasteiger partial charge in [-0.2, -0.15) is 0 Å². The molecule has 26 heavy (non-hydrogen) atoms. The zero-order chi connectivity index (χ0) is 18.2. The predicted molar refractivity (Wildman–Crippen MR) is 108 cm³/mol. The maximum Gasteiger partial charge on any atom is 0.191 e. The predicted octanol–water partition coefficient (Wildman–Crippen LogP) is 3.23. The molecule has 6 nitrogen and oxygen atoms in total. The topological polar surface area (TPSA) is 66.6 Å². The summed E-state index contributed by atoms with van der Waals surface area (Å²) >= 11 is 7.68. The number of rotatable bonds is 7. The Bertz CT molecular complexity index is 862. The number of halogens is 1. The molecule has 0 saturated heterocycles. The zero-order valence-corrected chi connectivity index (χ0v) is 16.1. The molecule has 3 rings (SSSR count). The SMILES string of the molecule is CCNC(=NCc1nnc2ccccn12)NCCSc1ccc(Cl)cc1. The molecule has 0 saturated carbocycles. The maximum atomic E-state index is 5.91. The van der Waals surface area contributed by atoms with Crippen LogP contribution in [-0.4, -0.2) is 39.4 Å². The number of guanidine groups is 1. The second kappa shape index (κ2) is 9.45. The summed E-state index contributed by atoms with van der Waals surface area (Å²) in [5, 5.41) is 15.7. The summed E-state index contributed by atoms with van der Waals surface area (Å²) in [4.78, 5) is 5.81. The van der Waals surface area contributed by atoms with Crippen molar-refractivity contribution < 1.29 is 0 Å². The minimum absolute atomic E-state index is 0.463. The maximum absolute atomic E-state index is 5.91. The molecule has 8 heteroatoms. The van der Waals surface area contributed by atoms with E-state index in [1.165, 1.54) is 4.90 Å². The Hall–Kier alpha value is -2.25. The highest BCUT2D eigenvalue weighted by atomic mass is 35.5. The molecule has 0 aliphatic carbocycles. The standard InChI is InChI=1S/C18H21ClN6S/c1-2-20-18(21-10-12-26-15-8-6-14(19)7-9-15)22-13-17-24-23-16-5-3-4-11-25(16)17/h3-9,11H,2,10,12-13H2,1H3,(H2,20,21,22). The van der Waals surface area contributed by atoms with E-state index in [4.69, 9.17) is 11.6 Å². The molecule has 0 spiro atoms. The lowest BCUT2D eigenvalue weighted by Crippen LogP contribution is -2.38. The van der Waals surface area contributed by atoms with Crippen molar-refractivity contribution in [3.63, 3.8) is 0 Å². The normalized spacial score (nSPS) is 11.7. The monoisotopic (exact) mass is 388 g/mol.